The molecule has 0 saturated carbocycles. The van der Waals surface area contributed by atoms with Gasteiger partial charge >= 0.3 is 0 Å². The van der Waals surface area contributed by atoms with Gasteiger partial charge in [0.25, 0.3) is 0 Å². The second kappa shape index (κ2) is 4.49. The van der Waals surface area contributed by atoms with Gasteiger partial charge in [-0.05, 0) is 24.3 Å². The van der Waals surface area contributed by atoms with Gasteiger partial charge in [-0.25, -0.2) is 4.98 Å². The highest BCUT2D eigenvalue weighted by Gasteiger charge is 2.19. The molecule has 4 rings (SSSR count). The Morgan fingerprint density at radius 2 is 1.65 bits per heavy atom. The molecule has 0 radical (unpaired) electrons. The molecule has 3 aromatic rings. The number of para-hydroxylation sites is 4. The predicted octanol–water partition coefficient (Wildman–Crippen LogP) is 3.21. The first kappa shape index (κ1) is 11.2. The summed E-state index contributed by atoms with van der Waals surface area (Å²) in [5.41, 5.74) is 5.08. The van der Waals surface area contributed by atoms with Gasteiger partial charge in [0, 0.05) is 6.54 Å². The van der Waals surface area contributed by atoms with Crippen LogP contribution in [0.25, 0.3) is 11.0 Å². The molecular weight excluding hydrogens is 248 g/mol. The Balaban J connectivity index is 1.70. The van der Waals surface area contributed by atoms with E-state index < -0.39 is 0 Å². The normalized spacial score (nSPS) is 17.1. The number of fused-ring (bicyclic) bond motifs is 2. The van der Waals surface area contributed by atoms with Gasteiger partial charge in [0.2, 0.25) is 0 Å². The Morgan fingerprint density at radius 3 is 2.55 bits per heavy atom. The van der Waals surface area contributed by atoms with E-state index in [-0.39, 0.29) is 6.04 Å². The van der Waals surface area contributed by atoms with E-state index in [1.807, 2.05) is 42.6 Å². The predicted molar refractivity (Wildman–Crippen MR) is 80.8 cm³/mol. The van der Waals surface area contributed by atoms with Gasteiger partial charge < -0.3 is 10.6 Å². The molecule has 0 spiro atoms. The maximum atomic E-state index is 4.71. The van der Waals surface area contributed by atoms with Crippen molar-refractivity contribution >= 4 is 22.4 Å². The van der Waals surface area contributed by atoms with Crippen molar-refractivity contribution in [3.8, 4) is 0 Å². The van der Waals surface area contributed by atoms with E-state index in [9.17, 15) is 0 Å². The van der Waals surface area contributed by atoms with Gasteiger partial charge in [0.05, 0.1) is 40.3 Å². The van der Waals surface area contributed by atoms with Crippen LogP contribution in [0.3, 0.4) is 0 Å². The largest absolute Gasteiger partial charge is 0.381 e. The molecule has 20 heavy (non-hydrogen) atoms. The molecule has 98 valence electrons. The number of rotatable bonds is 1. The number of nitrogens with one attached hydrogen (secondary N) is 2. The summed E-state index contributed by atoms with van der Waals surface area (Å²) < 4.78 is 0. The Morgan fingerprint density at radius 1 is 0.900 bits per heavy atom. The highest BCUT2D eigenvalue weighted by molar-refractivity contribution is 5.74. The van der Waals surface area contributed by atoms with Crippen LogP contribution in [0.1, 0.15) is 11.7 Å². The van der Waals surface area contributed by atoms with Crippen molar-refractivity contribution in [2.24, 2.45) is 0 Å². The van der Waals surface area contributed by atoms with Crippen LogP contribution in [0.15, 0.2) is 54.7 Å². The average molecular weight is 262 g/mol. The zero-order valence-electron chi connectivity index (χ0n) is 10.9. The van der Waals surface area contributed by atoms with Gasteiger partial charge in [-0.15, -0.1) is 0 Å². The minimum Gasteiger partial charge on any atom is -0.381 e. The molecular formula is C16H14N4. The molecule has 0 fully saturated rings. The van der Waals surface area contributed by atoms with Crippen molar-refractivity contribution in [3.05, 3.63) is 60.4 Å². The number of anilines is 2. The van der Waals surface area contributed by atoms with Crippen molar-refractivity contribution < 1.29 is 0 Å². The standard InChI is InChI=1S/C16H14N4/c1-3-7-13-11(5-1)17-9-15(19-13)16-10-18-12-6-2-4-8-14(12)20-16/h1-9,16,18,20H,10H2. The summed E-state index contributed by atoms with van der Waals surface area (Å²) in [6, 6.07) is 16.3. The first-order valence-corrected chi connectivity index (χ1v) is 6.71. The van der Waals surface area contributed by atoms with Crippen LogP contribution in [0, 0.1) is 0 Å². The van der Waals surface area contributed by atoms with Gasteiger partial charge in [-0.3, -0.25) is 4.98 Å². The lowest BCUT2D eigenvalue weighted by Crippen LogP contribution is -2.26. The third-order valence-electron chi connectivity index (χ3n) is 3.58. The first-order chi connectivity index (χ1) is 9.90. The summed E-state index contributed by atoms with van der Waals surface area (Å²) in [6.07, 6.45) is 1.86. The molecule has 2 aromatic carbocycles. The van der Waals surface area contributed by atoms with E-state index in [1.54, 1.807) is 0 Å². The van der Waals surface area contributed by atoms with Crippen LogP contribution < -0.4 is 10.6 Å². The second-order valence-corrected chi connectivity index (χ2v) is 4.91. The third kappa shape index (κ3) is 1.86. The monoisotopic (exact) mass is 262 g/mol. The van der Waals surface area contributed by atoms with Crippen molar-refractivity contribution in [3.63, 3.8) is 0 Å². The zero-order chi connectivity index (χ0) is 13.4. The van der Waals surface area contributed by atoms with E-state index in [0.29, 0.717) is 0 Å². The van der Waals surface area contributed by atoms with Crippen LogP contribution >= 0.6 is 0 Å². The lowest BCUT2D eigenvalue weighted by molar-refractivity contribution is 0.772. The molecule has 0 amide bonds. The van der Waals surface area contributed by atoms with Gasteiger partial charge in [0.1, 0.15) is 0 Å². The topological polar surface area (TPSA) is 49.8 Å². The van der Waals surface area contributed by atoms with Gasteiger partial charge in [-0.2, -0.15) is 0 Å². The molecule has 2 heterocycles. The second-order valence-electron chi connectivity index (χ2n) is 4.91. The Labute approximate surface area is 116 Å². The van der Waals surface area contributed by atoms with E-state index in [0.717, 1.165) is 34.6 Å². The minimum absolute atomic E-state index is 0.141. The van der Waals surface area contributed by atoms with Gasteiger partial charge in [-0.1, -0.05) is 24.3 Å². The molecule has 1 aliphatic rings. The molecule has 0 saturated heterocycles. The number of hydrogen-bond donors (Lipinski definition) is 2. The lowest BCUT2D eigenvalue weighted by atomic mass is 10.1. The fourth-order valence-electron chi connectivity index (χ4n) is 2.53. The maximum Gasteiger partial charge on any atom is 0.0891 e. The van der Waals surface area contributed by atoms with Crippen molar-refractivity contribution in [1.82, 2.24) is 9.97 Å². The molecule has 1 unspecified atom stereocenters. The number of hydrogen-bond acceptors (Lipinski definition) is 4. The quantitative estimate of drug-likeness (QED) is 0.707. The summed E-state index contributed by atoms with van der Waals surface area (Å²) >= 11 is 0. The summed E-state index contributed by atoms with van der Waals surface area (Å²) in [6.45, 7) is 0.810. The van der Waals surface area contributed by atoms with Crippen LogP contribution in [-0.4, -0.2) is 16.5 Å². The summed E-state index contributed by atoms with van der Waals surface area (Å²) in [4.78, 5) is 9.19. The zero-order valence-corrected chi connectivity index (χ0v) is 10.9. The fourth-order valence-corrected chi connectivity index (χ4v) is 2.53. The third-order valence-corrected chi connectivity index (χ3v) is 3.58. The van der Waals surface area contributed by atoms with Gasteiger partial charge in [0.15, 0.2) is 0 Å². The molecule has 4 heteroatoms. The van der Waals surface area contributed by atoms with E-state index >= 15 is 0 Å². The highest BCUT2D eigenvalue weighted by atomic mass is 15.1. The summed E-state index contributed by atoms with van der Waals surface area (Å²) in [5.74, 6) is 0. The van der Waals surface area contributed by atoms with Crippen molar-refractivity contribution in [2.45, 2.75) is 6.04 Å². The summed E-state index contributed by atoms with van der Waals surface area (Å²) in [5, 5.41) is 6.94. The van der Waals surface area contributed by atoms with E-state index in [1.165, 1.54) is 0 Å². The molecule has 0 bridgehead atoms. The number of benzene rings is 2. The minimum atomic E-state index is 0.141. The Bertz CT molecular complexity index is 769. The SMILES string of the molecule is c1ccc2c(c1)NCC(c1cnc3ccccc3n1)N2. The molecule has 1 aromatic heterocycles. The molecule has 1 aliphatic heterocycles. The maximum absolute atomic E-state index is 4.71. The fraction of sp³-hybridized carbons (Fsp3) is 0.125. The molecule has 4 nitrogen and oxygen atoms in total. The number of nitrogens with zero attached hydrogens (tertiary/aromatic N) is 2. The van der Waals surface area contributed by atoms with Crippen LogP contribution in [0.2, 0.25) is 0 Å². The Hall–Kier alpha value is -2.62. The van der Waals surface area contributed by atoms with Crippen molar-refractivity contribution in [2.75, 3.05) is 17.2 Å². The Kier molecular flexibility index (Phi) is 2.52. The lowest BCUT2D eigenvalue weighted by Gasteiger charge is -2.27. The molecule has 0 aliphatic carbocycles. The smallest absolute Gasteiger partial charge is 0.0891 e. The van der Waals surface area contributed by atoms with E-state index in [2.05, 4.69) is 27.8 Å². The first-order valence-electron chi connectivity index (χ1n) is 6.71. The van der Waals surface area contributed by atoms with Crippen LogP contribution in [0.4, 0.5) is 11.4 Å². The summed E-state index contributed by atoms with van der Waals surface area (Å²) in [7, 11) is 0. The van der Waals surface area contributed by atoms with E-state index in [4.69, 9.17) is 4.98 Å². The van der Waals surface area contributed by atoms with Crippen LogP contribution in [0.5, 0.6) is 0 Å². The van der Waals surface area contributed by atoms with Crippen molar-refractivity contribution in [1.29, 1.82) is 0 Å². The molecule has 2 N–H and O–H groups in total. The van der Waals surface area contributed by atoms with Crippen LogP contribution in [-0.2, 0) is 0 Å². The highest BCUT2D eigenvalue weighted by Crippen LogP contribution is 2.30. The molecule has 1 atom stereocenters. The average Bonchev–Trinajstić information content (AvgIpc) is 2.54. The number of aromatic nitrogens is 2.